The Kier molecular flexibility index (Phi) is 5.71. The van der Waals surface area contributed by atoms with Crippen LogP contribution in [0.4, 0.5) is 5.69 Å². The number of carbonyl (C=O) groups excluding carboxylic acids is 1. The molecule has 0 bridgehead atoms. The number of nitrogens with one attached hydrogen (secondary N) is 1. The SMILES string of the molecule is N#C/C(=C/c1cn(-c2ccccc2)nc1-c1ccccc1)C(=O)Nc1ccc2ccccc2c1. The Hall–Kier alpha value is -4.95. The minimum atomic E-state index is -0.468. The van der Waals surface area contributed by atoms with Crippen LogP contribution >= 0.6 is 0 Å². The first kappa shape index (κ1) is 20.9. The number of carbonyl (C=O) groups is 1. The molecular formula is C29H20N4O. The zero-order chi connectivity index (χ0) is 23.3. The van der Waals surface area contributed by atoms with Crippen molar-refractivity contribution in [3.63, 3.8) is 0 Å². The van der Waals surface area contributed by atoms with E-state index in [1.54, 1.807) is 10.8 Å². The maximum Gasteiger partial charge on any atom is 0.266 e. The first-order chi connectivity index (χ1) is 16.7. The van der Waals surface area contributed by atoms with Crippen LogP contribution < -0.4 is 5.32 Å². The van der Waals surface area contributed by atoms with Crippen LogP contribution in [-0.2, 0) is 4.79 Å². The van der Waals surface area contributed by atoms with Crippen LogP contribution in [0.25, 0.3) is 33.8 Å². The van der Waals surface area contributed by atoms with E-state index in [1.807, 2.05) is 115 Å². The number of nitriles is 1. The number of hydrogen-bond acceptors (Lipinski definition) is 3. The normalized spacial score (nSPS) is 11.2. The van der Waals surface area contributed by atoms with Gasteiger partial charge in [0.2, 0.25) is 0 Å². The van der Waals surface area contributed by atoms with E-state index in [9.17, 15) is 10.1 Å². The summed E-state index contributed by atoms with van der Waals surface area (Å²) in [6.07, 6.45) is 3.42. The number of benzene rings is 4. The highest BCUT2D eigenvalue weighted by Crippen LogP contribution is 2.26. The zero-order valence-corrected chi connectivity index (χ0v) is 18.2. The summed E-state index contributed by atoms with van der Waals surface area (Å²) in [5.74, 6) is -0.468. The van der Waals surface area contributed by atoms with E-state index >= 15 is 0 Å². The van der Waals surface area contributed by atoms with Crippen LogP contribution in [0.1, 0.15) is 5.56 Å². The lowest BCUT2D eigenvalue weighted by Crippen LogP contribution is -2.13. The molecule has 0 spiro atoms. The molecule has 1 N–H and O–H groups in total. The summed E-state index contributed by atoms with van der Waals surface area (Å²) < 4.78 is 1.75. The van der Waals surface area contributed by atoms with Crippen LogP contribution in [0.15, 0.2) is 115 Å². The summed E-state index contributed by atoms with van der Waals surface area (Å²) in [4.78, 5) is 13.0. The zero-order valence-electron chi connectivity index (χ0n) is 18.2. The van der Waals surface area contributed by atoms with Gasteiger partial charge in [0, 0.05) is 23.0 Å². The molecule has 34 heavy (non-hydrogen) atoms. The number of anilines is 1. The Morgan fingerprint density at radius 1 is 0.853 bits per heavy atom. The quantitative estimate of drug-likeness (QED) is 0.260. The van der Waals surface area contributed by atoms with Crippen molar-refractivity contribution >= 4 is 28.4 Å². The summed E-state index contributed by atoms with van der Waals surface area (Å²) in [5.41, 5.74) is 3.79. The van der Waals surface area contributed by atoms with Gasteiger partial charge < -0.3 is 5.32 Å². The molecule has 0 aliphatic rings. The van der Waals surface area contributed by atoms with Gasteiger partial charge in [0.1, 0.15) is 11.6 Å². The summed E-state index contributed by atoms with van der Waals surface area (Å²) in [6.45, 7) is 0. The topological polar surface area (TPSA) is 70.7 Å². The van der Waals surface area contributed by atoms with Crippen molar-refractivity contribution in [1.29, 1.82) is 5.26 Å². The van der Waals surface area contributed by atoms with Gasteiger partial charge in [-0.2, -0.15) is 10.4 Å². The van der Waals surface area contributed by atoms with E-state index < -0.39 is 5.91 Å². The third-order valence-electron chi connectivity index (χ3n) is 5.48. The lowest BCUT2D eigenvalue weighted by molar-refractivity contribution is -0.112. The van der Waals surface area contributed by atoms with Gasteiger partial charge in [-0.1, -0.05) is 78.9 Å². The maximum absolute atomic E-state index is 13.0. The predicted octanol–water partition coefficient (Wildman–Crippen LogP) is 6.24. The molecule has 0 fully saturated rings. The van der Waals surface area contributed by atoms with Crippen LogP contribution in [0.5, 0.6) is 0 Å². The van der Waals surface area contributed by atoms with Crippen LogP contribution in [0.2, 0.25) is 0 Å². The highest BCUT2D eigenvalue weighted by atomic mass is 16.1. The Balaban J connectivity index is 1.51. The molecule has 0 aliphatic carbocycles. The third-order valence-corrected chi connectivity index (χ3v) is 5.48. The van der Waals surface area contributed by atoms with Crippen molar-refractivity contribution < 1.29 is 4.79 Å². The van der Waals surface area contributed by atoms with Gasteiger partial charge >= 0.3 is 0 Å². The molecule has 5 nitrogen and oxygen atoms in total. The van der Waals surface area contributed by atoms with Gasteiger partial charge in [0.15, 0.2) is 0 Å². The highest BCUT2D eigenvalue weighted by molar-refractivity contribution is 6.10. The number of fused-ring (bicyclic) bond motifs is 1. The monoisotopic (exact) mass is 440 g/mol. The first-order valence-corrected chi connectivity index (χ1v) is 10.8. The molecule has 0 aliphatic heterocycles. The second kappa shape index (κ2) is 9.27. The van der Waals surface area contributed by atoms with Gasteiger partial charge in [0.05, 0.1) is 11.4 Å². The predicted molar refractivity (Wildman–Crippen MR) is 135 cm³/mol. The smallest absolute Gasteiger partial charge is 0.266 e. The molecule has 0 unspecified atom stereocenters. The molecule has 0 saturated carbocycles. The van der Waals surface area contributed by atoms with Crippen molar-refractivity contribution in [2.45, 2.75) is 0 Å². The summed E-state index contributed by atoms with van der Waals surface area (Å²) in [6, 6.07) is 35.1. The fourth-order valence-corrected chi connectivity index (χ4v) is 3.80. The lowest BCUT2D eigenvalue weighted by atomic mass is 10.1. The highest BCUT2D eigenvalue weighted by Gasteiger charge is 2.15. The molecule has 0 radical (unpaired) electrons. The van der Waals surface area contributed by atoms with Gasteiger partial charge in [0.25, 0.3) is 5.91 Å². The molecule has 1 heterocycles. The molecule has 5 heteroatoms. The number of hydrogen-bond donors (Lipinski definition) is 1. The molecule has 0 saturated heterocycles. The summed E-state index contributed by atoms with van der Waals surface area (Å²) >= 11 is 0. The maximum atomic E-state index is 13.0. The van der Waals surface area contributed by atoms with Crippen LogP contribution in [0, 0.1) is 11.3 Å². The molecule has 0 atom stereocenters. The summed E-state index contributed by atoms with van der Waals surface area (Å²) in [5, 5.41) is 19.5. The van der Waals surface area contributed by atoms with E-state index in [-0.39, 0.29) is 5.57 Å². The average Bonchev–Trinajstić information content (AvgIpc) is 3.32. The van der Waals surface area contributed by atoms with Gasteiger partial charge in [-0.25, -0.2) is 4.68 Å². The fourth-order valence-electron chi connectivity index (χ4n) is 3.80. The average molecular weight is 441 g/mol. The van der Waals surface area contributed by atoms with E-state index in [1.165, 1.54) is 0 Å². The molecule has 5 aromatic rings. The Morgan fingerprint density at radius 3 is 2.26 bits per heavy atom. The molecule has 1 amide bonds. The molecular weight excluding hydrogens is 420 g/mol. The summed E-state index contributed by atoms with van der Waals surface area (Å²) in [7, 11) is 0. The van der Waals surface area contributed by atoms with Crippen molar-refractivity contribution in [1.82, 2.24) is 9.78 Å². The minimum Gasteiger partial charge on any atom is -0.321 e. The molecule has 5 rings (SSSR count). The van der Waals surface area contributed by atoms with Gasteiger partial charge in [-0.3, -0.25) is 4.79 Å². The largest absolute Gasteiger partial charge is 0.321 e. The fraction of sp³-hybridized carbons (Fsp3) is 0. The first-order valence-electron chi connectivity index (χ1n) is 10.8. The minimum absolute atomic E-state index is 0.00190. The Morgan fingerprint density at radius 2 is 1.53 bits per heavy atom. The van der Waals surface area contributed by atoms with Crippen LogP contribution in [0.3, 0.4) is 0 Å². The second-order valence-electron chi connectivity index (χ2n) is 7.77. The lowest BCUT2D eigenvalue weighted by Gasteiger charge is -2.06. The second-order valence-corrected chi connectivity index (χ2v) is 7.77. The van der Waals surface area contributed by atoms with E-state index in [2.05, 4.69) is 5.32 Å². The standard InChI is InChI=1S/C29H20N4O/c30-19-24(29(34)31-26-16-15-21-9-7-8-12-23(21)18-26)17-25-20-33(27-13-5-2-6-14-27)32-28(25)22-10-3-1-4-11-22/h1-18,20H,(H,31,34)/b24-17-. The van der Waals surface area contributed by atoms with Crippen molar-refractivity contribution in [2.75, 3.05) is 5.32 Å². The van der Waals surface area contributed by atoms with E-state index in [0.717, 1.165) is 22.0 Å². The number of rotatable bonds is 5. The number of nitrogens with zero attached hydrogens (tertiary/aromatic N) is 3. The van der Waals surface area contributed by atoms with E-state index in [0.29, 0.717) is 16.9 Å². The van der Waals surface area contributed by atoms with Crippen molar-refractivity contribution in [3.8, 4) is 23.0 Å². The van der Waals surface area contributed by atoms with Gasteiger partial charge in [-0.05, 0) is 41.1 Å². The van der Waals surface area contributed by atoms with Crippen molar-refractivity contribution in [3.05, 3.63) is 120 Å². The Bertz CT molecular complexity index is 1540. The van der Waals surface area contributed by atoms with Gasteiger partial charge in [-0.15, -0.1) is 0 Å². The Labute approximate surface area is 197 Å². The molecule has 162 valence electrons. The number of para-hydroxylation sites is 1. The van der Waals surface area contributed by atoms with Crippen LogP contribution in [-0.4, -0.2) is 15.7 Å². The van der Waals surface area contributed by atoms with Crippen molar-refractivity contribution in [2.24, 2.45) is 0 Å². The number of aromatic nitrogens is 2. The molecule has 1 aromatic heterocycles. The number of amides is 1. The molecule has 4 aromatic carbocycles. The van der Waals surface area contributed by atoms with E-state index in [4.69, 9.17) is 5.10 Å². The third kappa shape index (κ3) is 4.34.